The van der Waals surface area contributed by atoms with Crippen LogP contribution in [0.4, 0.5) is 0 Å². The molecule has 2 heterocycles. The van der Waals surface area contributed by atoms with Crippen molar-refractivity contribution in [2.24, 2.45) is 0 Å². The second-order valence-electron chi connectivity index (χ2n) is 6.41. The average molecular weight is 350 g/mol. The highest BCUT2D eigenvalue weighted by Gasteiger charge is 2.30. The molecule has 26 heavy (non-hydrogen) atoms. The van der Waals surface area contributed by atoms with E-state index in [0.717, 1.165) is 16.7 Å². The Morgan fingerprint density at radius 2 is 2.00 bits per heavy atom. The Kier molecular flexibility index (Phi) is 3.92. The Bertz CT molecular complexity index is 955. The van der Waals surface area contributed by atoms with Crippen molar-refractivity contribution in [2.45, 2.75) is 13.8 Å². The van der Waals surface area contributed by atoms with E-state index >= 15 is 0 Å². The average Bonchev–Trinajstić information content (AvgIpc) is 3.18. The number of aryl methyl sites for hydroxylation is 1. The predicted octanol–water partition coefficient (Wildman–Crippen LogP) is 4.29. The van der Waals surface area contributed by atoms with Gasteiger partial charge in [-0.15, -0.1) is 0 Å². The van der Waals surface area contributed by atoms with Crippen LogP contribution in [0.5, 0.6) is 23.0 Å². The normalized spacial score (nSPS) is 15.8. The summed E-state index contributed by atoms with van der Waals surface area (Å²) < 4.78 is 22.2. The summed E-state index contributed by atoms with van der Waals surface area (Å²) in [4.78, 5) is 12.7. The zero-order valence-corrected chi connectivity index (χ0v) is 14.6. The van der Waals surface area contributed by atoms with E-state index in [4.69, 9.17) is 18.9 Å². The van der Waals surface area contributed by atoms with E-state index in [1.54, 1.807) is 12.1 Å². The zero-order chi connectivity index (χ0) is 18.3. The third-order valence-corrected chi connectivity index (χ3v) is 4.12. The van der Waals surface area contributed by atoms with Crippen LogP contribution in [0.25, 0.3) is 6.08 Å². The van der Waals surface area contributed by atoms with Crippen molar-refractivity contribution in [2.75, 3.05) is 13.4 Å². The molecule has 5 heteroatoms. The van der Waals surface area contributed by atoms with E-state index in [1.807, 2.05) is 38.1 Å². The summed E-state index contributed by atoms with van der Waals surface area (Å²) in [6.07, 6.45) is 1.71. The maximum absolute atomic E-state index is 12.7. The van der Waals surface area contributed by atoms with Gasteiger partial charge in [-0.05, 0) is 54.8 Å². The van der Waals surface area contributed by atoms with E-state index in [-0.39, 0.29) is 18.3 Å². The number of rotatable bonds is 4. The maximum atomic E-state index is 12.7. The number of allylic oxidation sites excluding steroid dienone is 1. The Hall–Kier alpha value is -3.21. The maximum Gasteiger partial charge on any atom is 0.232 e. The van der Waals surface area contributed by atoms with Gasteiger partial charge in [-0.25, -0.2) is 0 Å². The van der Waals surface area contributed by atoms with Gasteiger partial charge in [-0.2, -0.15) is 0 Å². The van der Waals surface area contributed by atoms with Crippen molar-refractivity contribution in [3.05, 3.63) is 64.9 Å². The molecule has 0 aromatic heterocycles. The molecule has 0 bridgehead atoms. The lowest BCUT2D eigenvalue weighted by Gasteiger charge is -2.08. The van der Waals surface area contributed by atoms with Gasteiger partial charge >= 0.3 is 0 Å². The molecule has 5 nitrogen and oxygen atoms in total. The van der Waals surface area contributed by atoms with Gasteiger partial charge in [0.15, 0.2) is 17.3 Å². The van der Waals surface area contributed by atoms with Gasteiger partial charge in [0.2, 0.25) is 12.6 Å². The molecular weight excluding hydrogens is 332 g/mol. The number of benzene rings is 2. The highest BCUT2D eigenvalue weighted by molar-refractivity contribution is 6.15. The van der Waals surface area contributed by atoms with Crippen LogP contribution < -0.4 is 18.9 Å². The lowest BCUT2D eigenvalue weighted by molar-refractivity contribution is 0.101. The van der Waals surface area contributed by atoms with Crippen LogP contribution in [0.3, 0.4) is 0 Å². The molecule has 0 amide bonds. The van der Waals surface area contributed by atoms with Crippen LogP contribution in [-0.4, -0.2) is 19.2 Å². The molecule has 2 aliphatic rings. The van der Waals surface area contributed by atoms with E-state index in [9.17, 15) is 4.79 Å². The predicted molar refractivity (Wildman–Crippen MR) is 97.0 cm³/mol. The topological polar surface area (TPSA) is 54.0 Å². The van der Waals surface area contributed by atoms with Gasteiger partial charge in [-0.3, -0.25) is 4.79 Å². The molecule has 4 rings (SSSR count). The number of fused-ring (bicyclic) bond motifs is 2. The summed E-state index contributed by atoms with van der Waals surface area (Å²) in [6.45, 7) is 8.22. The van der Waals surface area contributed by atoms with Gasteiger partial charge in [0.1, 0.15) is 18.1 Å². The van der Waals surface area contributed by atoms with Gasteiger partial charge < -0.3 is 18.9 Å². The van der Waals surface area contributed by atoms with Crippen LogP contribution in [0.1, 0.15) is 28.4 Å². The van der Waals surface area contributed by atoms with Gasteiger partial charge in [0.25, 0.3) is 0 Å². The lowest BCUT2D eigenvalue weighted by atomic mass is 10.0. The van der Waals surface area contributed by atoms with Crippen LogP contribution in [0.15, 0.2) is 48.2 Å². The highest BCUT2D eigenvalue weighted by atomic mass is 16.7. The van der Waals surface area contributed by atoms with Crippen molar-refractivity contribution in [3.63, 3.8) is 0 Å². The summed E-state index contributed by atoms with van der Waals surface area (Å²) >= 11 is 0. The first-order valence-corrected chi connectivity index (χ1v) is 8.27. The number of carbonyl (C=O) groups is 1. The fourth-order valence-corrected chi connectivity index (χ4v) is 2.92. The molecule has 0 saturated carbocycles. The molecule has 132 valence electrons. The van der Waals surface area contributed by atoms with Crippen molar-refractivity contribution >= 4 is 11.9 Å². The monoisotopic (exact) mass is 350 g/mol. The van der Waals surface area contributed by atoms with Crippen molar-refractivity contribution in [3.8, 4) is 23.0 Å². The summed E-state index contributed by atoms with van der Waals surface area (Å²) in [6, 6.07) is 9.07. The van der Waals surface area contributed by atoms with Crippen LogP contribution in [0, 0.1) is 6.92 Å². The standard InChI is InChI=1S/C21H18O5/c1-12(2)10-23-15-6-13(3)20-18(9-15)26-19(21(20)22)8-14-4-5-16-17(7-14)25-11-24-16/h4-9H,1,10-11H2,2-3H3/b19-8-. The lowest BCUT2D eigenvalue weighted by Crippen LogP contribution is -2.00. The molecule has 0 saturated heterocycles. The molecule has 0 unspecified atom stereocenters. The summed E-state index contributed by atoms with van der Waals surface area (Å²) in [7, 11) is 0. The summed E-state index contributed by atoms with van der Waals surface area (Å²) in [5.74, 6) is 2.67. The molecule has 0 N–H and O–H groups in total. The van der Waals surface area contributed by atoms with Crippen molar-refractivity contribution in [1.29, 1.82) is 0 Å². The van der Waals surface area contributed by atoms with Gasteiger partial charge in [-0.1, -0.05) is 12.6 Å². The first-order chi connectivity index (χ1) is 12.5. The Morgan fingerprint density at radius 3 is 2.81 bits per heavy atom. The minimum Gasteiger partial charge on any atom is -0.489 e. The van der Waals surface area contributed by atoms with Gasteiger partial charge in [0, 0.05) is 6.07 Å². The van der Waals surface area contributed by atoms with Crippen LogP contribution in [0.2, 0.25) is 0 Å². The zero-order valence-electron chi connectivity index (χ0n) is 14.6. The molecule has 2 aliphatic heterocycles. The first kappa shape index (κ1) is 16.3. The van der Waals surface area contributed by atoms with Crippen LogP contribution in [-0.2, 0) is 0 Å². The second kappa shape index (κ2) is 6.26. The number of hydrogen-bond donors (Lipinski definition) is 0. The van der Waals surface area contributed by atoms with Crippen molar-refractivity contribution in [1.82, 2.24) is 0 Å². The minimum atomic E-state index is -0.137. The number of ether oxygens (including phenoxy) is 4. The number of hydrogen-bond acceptors (Lipinski definition) is 5. The van der Waals surface area contributed by atoms with E-state index in [0.29, 0.717) is 35.2 Å². The fourth-order valence-electron chi connectivity index (χ4n) is 2.92. The van der Waals surface area contributed by atoms with E-state index in [2.05, 4.69) is 6.58 Å². The van der Waals surface area contributed by atoms with E-state index in [1.165, 1.54) is 0 Å². The smallest absolute Gasteiger partial charge is 0.232 e. The molecule has 2 aromatic rings. The third kappa shape index (κ3) is 2.92. The van der Waals surface area contributed by atoms with Crippen molar-refractivity contribution < 1.29 is 23.7 Å². The SMILES string of the molecule is C=C(C)COc1cc(C)c2c(c1)O/C(=C\c1ccc3c(c1)OCO3)C2=O. The Morgan fingerprint density at radius 1 is 1.19 bits per heavy atom. The largest absolute Gasteiger partial charge is 0.489 e. The molecule has 0 radical (unpaired) electrons. The Balaban J connectivity index is 1.63. The third-order valence-electron chi connectivity index (χ3n) is 4.12. The second-order valence-corrected chi connectivity index (χ2v) is 6.41. The summed E-state index contributed by atoms with van der Waals surface area (Å²) in [5, 5.41) is 0. The van der Waals surface area contributed by atoms with Gasteiger partial charge in [0.05, 0.1) is 5.56 Å². The molecule has 0 fully saturated rings. The number of ketones is 1. The molecular formula is C21H18O5. The number of Topliss-reactive ketones (excluding diaryl/α,β-unsaturated/α-hetero) is 1. The molecule has 2 aromatic carbocycles. The number of carbonyl (C=O) groups excluding carboxylic acids is 1. The minimum absolute atomic E-state index is 0.137. The highest BCUT2D eigenvalue weighted by Crippen LogP contribution is 2.38. The quantitative estimate of drug-likeness (QED) is 0.608. The first-order valence-electron chi connectivity index (χ1n) is 8.27. The Labute approximate surface area is 151 Å². The molecule has 0 atom stereocenters. The van der Waals surface area contributed by atoms with E-state index < -0.39 is 0 Å². The van der Waals surface area contributed by atoms with Crippen LogP contribution >= 0.6 is 0 Å². The molecule has 0 spiro atoms. The molecule has 0 aliphatic carbocycles. The fraction of sp³-hybridized carbons (Fsp3) is 0.190. The summed E-state index contributed by atoms with van der Waals surface area (Å²) in [5.41, 5.74) is 3.11.